The van der Waals surface area contributed by atoms with E-state index in [9.17, 15) is 9.59 Å². The normalized spacial score (nSPS) is 9.21. The summed E-state index contributed by atoms with van der Waals surface area (Å²) in [7, 11) is 1.22. The van der Waals surface area contributed by atoms with Gasteiger partial charge in [0.15, 0.2) is 0 Å². The molecule has 14 heavy (non-hydrogen) atoms. The molecular formula is C8H8N2O4. The van der Waals surface area contributed by atoms with E-state index in [0.717, 1.165) is 0 Å². The number of hydrogen-bond donors (Lipinski definition) is 2. The van der Waals surface area contributed by atoms with Crippen molar-refractivity contribution < 1.29 is 19.4 Å². The first kappa shape index (κ1) is 9.97. The number of methoxy groups -OCH3 is 1. The first-order valence-corrected chi connectivity index (χ1v) is 3.68. The molecule has 0 aromatic carbocycles. The number of hydrogen-bond acceptors (Lipinski definition) is 4. The summed E-state index contributed by atoms with van der Waals surface area (Å²) in [4.78, 5) is 24.8. The van der Waals surface area contributed by atoms with E-state index in [1.165, 1.54) is 25.4 Å². The zero-order valence-corrected chi connectivity index (χ0v) is 7.35. The third-order valence-electron chi connectivity index (χ3n) is 1.41. The molecule has 0 aliphatic heterocycles. The van der Waals surface area contributed by atoms with Crippen molar-refractivity contribution in [1.82, 2.24) is 4.98 Å². The Balaban J connectivity index is 2.83. The van der Waals surface area contributed by atoms with Gasteiger partial charge in [-0.2, -0.15) is 0 Å². The van der Waals surface area contributed by atoms with Gasteiger partial charge in [0.1, 0.15) is 5.69 Å². The van der Waals surface area contributed by atoms with Crippen LogP contribution in [-0.2, 0) is 4.74 Å². The van der Waals surface area contributed by atoms with Crippen LogP contribution in [0.5, 0.6) is 0 Å². The lowest BCUT2D eigenvalue weighted by atomic mass is 10.3. The maximum absolute atomic E-state index is 10.8. The number of nitrogens with one attached hydrogen (secondary N) is 1. The van der Waals surface area contributed by atoms with Crippen LogP contribution >= 0.6 is 0 Å². The summed E-state index contributed by atoms with van der Waals surface area (Å²) in [6, 6.07) is 2.70. The minimum atomic E-state index is -1.15. The molecule has 0 radical (unpaired) electrons. The summed E-state index contributed by atoms with van der Waals surface area (Å²) in [5.74, 6) is -1.15. The van der Waals surface area contributed by atoms with E-state index in [-0.39, 0.29) is 5.69 Å². The Hall–Kier alpha value is -2.11. The van der Waals surface area contributed by atoms with Gasteiger partial charge >= 0.3 is 12.1 Å². The van der Waals surface area contributed by atoms with Gasteiger partial charge in [-0.05, 0) is 12.1 Å². The third-order valence-corrected chi connectivity index (χ3v) is 1.41. The molecule has 6 heteroatoms. The van der Waals surface area contributed by atoms with Crippen LogP contribution in [0.4, 0.5) is 10.5 Å². The smallest absolute Gasteiger partial charge is 0.411 e. The minimum Gasteiger partial charge on any atom is -0.477 e. The van der Waals surface area contributed by atoms with Crippen LogP contribution < -0.4 is 5.32 Å². The fourth-order valence-corrected chi connectivity index (χ4v) is 0.794. The molecule has 0 spiro atoms. The highest BCUT2D eigenvalue weighted by Gasteiger charge is 2.06. The number of ether oxygens (including phenoxy) is 1. The lowest BCUT2D eigenvalue weighted by Crippen LogP contribution is -2.11. The van der Waals surface area contributed by atoms with E-state index in [1.54, 1.807) is 0 Å². The van der Waals surface area contributed by atoms with Crippen molar-refractivity contribution in [3.63, 3.8) is 0 Å². The molecular weight excluding hydrogens is 188 g/mol. The number of carboxylic acid groups (broad SMARTS) is 1. The maximum Gasteiger partial charge on any atom is 0.411 e. The van der Waals surface area contributed by atoms with Gasteiger partial charge < -0.3 is 9.84 Å². The summed E-state index contributed by atoms with van der Waals surface area (Å²) < 4.78 is 4.34. The molecule has 0 saturated carbocycles. The number of carbonyl (C=O) groups is 2. The molecule has 1 rings (SSSR count). The predicted octanol–water partition coefficient (Wildman–Crippen LogP) is 0.958. The SMILES string of the molecule is COC(=O)Nc1ccnc(C(=O)O)c1. The number of pyridine rings is 1. The molecule has 1 aromatic heterocycles. The van der Waals surface area contributed by atoms with Gasteiger partial charge in [0, 0.05) is 11.9 Å². The predicted molar refractivity (Wildman–Crippen MR) is 47.2 cm³/mol. The number of carbonyl (C=O) groups excluding carboxylic acids is 1. The molecule has 2 N–H and O–H groups in total. The van der Waals surface area contributed by atoms with Crippen LogP contribution in [0.15, 0.2) is 18.3 Å². The fourth-order valence-electron chi connectivity index (χ4n) is 0.794. The first-order chi connectivity index (χ1) is 6.63. The molecule has 1 aromatic rings. The minimum absolute atomic E-state index is 0.140. The molecule has 0 unspecified atom stereocenters. The lowest BCUT2D eigenvalue weighted by Gasteiger charge is -2.03. The fraction of sp³-hybridized carbons (Fsp3) is 0.125. The van der Waals surface area contributed by atoms with Crippen molar-refractivity contribution in [2.75, 3.05) is 12.4 Å². The van der Waals surface area contributed by atoms with Crippen molar-refractivity contribution in [2.45, 2.75) is 0 Å². The van der Waals surface area contributed by atoms with Crippen molar-refractivity contribution in [3.05, 3.63) is 24.0 Å². The molecule has 0 atom stereocenters. The molecule has 6 nitrogen and oxygen atoms in total. The quantitative estimate of drug-likeness (QED) is 0.735. The second-order valence-electron chi connectivity index (χ2n) is 2.35. The van der Waals surface area contributed by atoms with Gasteiger partial charge in [-0.3, -0.25) is 5.32 Å². The van der Waals surface area contributed by atoms with Crippen molar-refractivity contribution in [2.24, 2.45) is 0 Å². The molecule has 0 aliphatic carbocycles. The van der Waals surface area contributed by atoms with Crippen molar-refractivity contribution in [3.8, 4) is 0 Å². The number of amides is 1. The maximum atomic E-state index is 10.8. The third kappa shape index (κ3) is 2.44. The van der Waals surface area contributed by atoms with E-state index in [4.69, 9.17) is 5.11 Å². The number of rotatable bonds is 2. The van der Waals surface area contributed by atoms with Gasteiger partial charge in [-0.15, -0.1) is 0 Å². The number of aromatic carboxylic acids is 1. The van der Waals surface area contributed by atoms with Crippen LogP contribution in [0.25, 0.3) is 0 Å². The van der Waals surface area contributed by atoms with Gasteiger partial charge in [-0.1, -0.05) is 0 Å². The molecule has 1 amide bonds. The van der Waals surface area contributed by atoms with Gasteiger partial charge in [0.2, 0.25) is 0 Å². The van der Waals surface area contributed by atoms with E-state index in [1.807, 2.05) is 0 Å². The second kappa shape index (κ2) is 4.22. The number of aromatic nitrogens is 1. The largest absolute Gasteiger partial charge is 0.477 e. The van der Waals surface area contributed by atoms with Crippen molar-refractivity contribution >= 4 is 17.7 Å². The standard InChI is InChI=1S/C8H8N2O4/c1-14-8(13)10-5-2-3-9-6(4-5)7(11)12/h2-4H,1H3,(H,11,12)(H,9,10,13). The summed E-state index contributed by atoms with van der Waals surface area (Å²) in [6.45, 7) is 0. The average Bonchev–Trinajstić information content (AvgIpc) is 2.18. The summed E-state index contributed by atoms with van der Waals surface area (Å²) in [6.07, 6.45) is 0.627. The van der Waals surface area contributed by atoms with Crippen LogP contribution in [0.2, 0.25) is 0 Å². The summed E-state index contributed by atoms with van der Waals surface area (Å²) >= 11 is 0. The number of anilines is 1. The summed E-state index contributed by atoms with van der Waals surface area (Å²) in [5, 5.41) is 10.9. The van der Waals surface area contributed by atoms with E-state index in [2.05, 4.69) is 15.0 Å². The monoisotopic (exact) mass is 196 g/mol. The lowest BCUT2D eigenvalue weighted by molar-refractivity contribution is 0.0690. The molecule has 74 valence electrons. The number of nitrogens with zero attached hydrogens (tertiary/aromatic N) is 1. The van der Waals surface area contributed by atoms with E-state index < -0.39 is 12.1 Å². The Bertz CT molecular complexity index is 364. The molecule has 0 aliphatic rings. The zero-order valence-electron chi connectivity index (χ0n) is 7.35. The Morgan fingerprint density at radius 1 is 1.57 bits per heavy atom. The zero-order chi connectivity index (χ0) is 10.6. The summed E-state index contributed by atoms with van der Waals surface area (Å²) in [5.41, 5.74) is 0.183. The van der Waals surface area contributed by atoms with Gasteiger partial charge in [0.05, 0.1) is 7.11 Å². The van der Waals surface area contributed by atoms with E-state index in [0.29, 0.717) is 5.69 Å². The van der Waals surface area contributed by atoms with Gasteiger partial charge in [0.25, 0.3) is 0 Å². The van der Waals surface area contributed by atoms with Crippen LogP contribution in [-0.4, -0.2) is 29.3 Å². The Labute approximate surface area is 79.5 Å². The highest BCUT2D eigenvalue weighted by molar-refractivity contribution is 5.89. The van der Waals surface area contributed by atoms with E-state index >= 15 is 0 Å². The van der Waals surface area contributed by atoms with Crippen LogP contribution in [0.3, 0.4) is 0 Å². The molecule has 1 heterocycles. The highest BCUT2D eigenvalue weighted by Crippen LogP contribution is 2.07. The molecule has 0 bridgehead atoms. The second-order valence-corrected chi connectivity index (χ2v) is 2.35. The van der Waals surface area contributed by atoms with Crippen LogP contribution in [0.1, 0.15) is 10.5 Å². The Kier molecular flexibility index (Phi) is 3.01. The molecule has 0 saturated heterocycles. The molecule has 0 fully saturated rings. The Morgan fingerprint density at radius 3 is 2.86 bits per heavy atom. The number of carboxylic acids is 1. The highest BCUT2D eigenvalue weighted by atomic mass is 16.5. The van der Waals surface area contributed by atoms with Crippen LogP contribution in [0, 0.1) is 0 Å². The topological polar surface area (TPSA) is 88.5 Å². The van der Waals surface area contributed by atoms with Crippen molar-refractivity contribution in [1.29, 1.82) is 0 Å². The Morgan fingerprint density at radius 2 is 2.29 bits per heavy atom. The average molecular weight is 196 g/mol. The first-order valence-electron chi connectivity index (χ1n) is 3.68. The van der Waals surface area contributed by atoms with Gasteiger partial charge in [-0.25, -0.2) is 14.6 Å².